The second-order valence-corrected chi connectivity index (χ2v) is 7.61. The molecule has 2 aromatic heterocycles. The van der Waals surface area contributed by atoms with Crippen molar-refractivity contribution in [3.05, 3.63) is 83.7 Å². The number of hydrogen-bond donors (Lipinski definition) is 1. The lowest BCUT2D eigenvalue weighted by Gasteiger charge is -2.18. The highest BCUT2D eigenvalue weighted by atomic mass is 16.2. The average Bonchev–Trinajstić information content (AvgIpc) is 3.09. The number of carbonyl (C=O) groups excluding carboxylic acids is 1. The number of pyridine rings is 1. The van der Waals surface area contributed by atoms with Crippen LogP contribution in [0.5, 0.6) is 0 Å². The lowest BCUT2D eigenvalue weighted by molar-refractivity contribution is -0.122. The van der Waals surface area contributed by atoms with Gasteiger partial charge in [-0.05, 0) is 43.0 Å². The number of carbonyl (C=O) groups is 1. The fraction of sp³-hybridized carbons (Fsp3) is 0.240. The van der Waals surface area contributed by atoms with Gasteiger partial charge in [0.1, 0.15) is 6.54 Å². The van der Waals surface area contributed by atoms with Crippen molar-refractivity contribution in [3.63, 3.8) is 0 Å². The molecule has 1 N–H and O–H groups in total. The third-order valence-electron chi connectivity index (χ3n) is 5.41. The zero-order valence-electron chi connectivity index (χ0n) is 17.6. The number of benzene rings is 2. The number of nitrogens with one attached hydrogen (secondary N) is 1. The molecule has 0 aliphatic heterocycles. The van der Waals surface area contributed by atoms with Crippen LogP contribution in [0.2, 0.25) is 0 Å². The van der Waals surface area contributed by atoms with Crippen molar-refractivity contribution in [3.8, 4) is 11.1 Å². The molecule has 0 aliphatic rings. The molecule has 0 spiro atoms. The standard InChI is InChI=1S/C25H26N4O/c1-4-22(20-12-10-17(2)11-13-20)27-23(30)16-29-25-24(18(3)28-29)21(14-15-26-25)19-8-6-5-7-9-19/h5-15,22H,4,16H2,1-3H3,(H,27,30). The molecule has 0 saturated heterocycles. The minimum Gasteiger partial charge on any atom is -0.348 e. The van der Waals surface area contributed by atoms with Crippen molar-refractivity contribution in [2.45, 2.75) is 39.8 Å². The van der Waals surface area contributed by atoms with Crippen molar-refractivity contribution in [2.24, 2.45) is 0 Å². The van der Waals surface area contributed by atoms with Crippen LogP contribution in [0, 0.1) is 13.8 Å². The highest BCUT2D eigenvalue weighted by Crippen LogP contribution is 2.29. The molecule has 152 valence electrons. The normalized spacial score (nSPS) is 12.1. The number of aryl methyl sites for hydroxylation is 2. The fourth-order valence-electron chi connectivity index (χ4n) is 3.85. The molecule has 30 heavy (non-hydrogen) atoms. The van der Waals surface area contributed by atoms with E-state index in [-0.39, 0.29) is 18.5 Å². The second kappa shape index (κ2) is 8.49. The quantitative estimate of drug-likeness (QED) is 0.498. The number of amides is 1. The van der Waals surface area contributed by atoms with Crippen LogP contribution >= 0.6 is 0 Å². The van der Waals surface area contributed by atoms with Crippen molar-refractivity contribution in [1.82, 2.24) is 20.1 Å². The Morgan fingerprint density at radius 1 is 1.03 bits per heavy atom. The van der Waals surface area contributed by atoms with Crippen LogP contribution in [-0.4, -0.2) is 20.7 Å². The molecule has 2 aromatic carbocycles. The van der Waals surface area contributed by atoms with Gasteiger partial charge in [-0.25, -0.2) is 9.67 Å². The molecule has 2 heterocycles. The maximum atomic E-state index is 12.8. The number of nitrogens with zero attached hydrogens (tertiary/aromatic N) is 3. The van der Waals surface area contributed by atoms with Gasteiger partial charge in [-0.2, -0.15) is 5.10 Å². The molecule has 0 fully saturated rings. The molecule has 5 nitrogen and oxygen atoms in total. The third-order valence-corrected chi connectivity index (χ3v) is 5.41. The summed E-state index contributed by atoms with van der Waals surface area (Å²) in [6.45, 7) is 6.24. The summed E-state index contributed by atoms with van der Waals surface area (Å²) in [4.78, 5) is 17.4. The number of aromatic nitrogens is 3. The van der Waals surface area contributed by atoms with Gasteiger partial charge in [-0.15, -0.1) is 0 Å². The van der Waals surface area contributed by atoms with Gasteiger partial charge >= 0.3 is 0 Å². The predicted octanol–water partition coefficient (Wildman–Crippen LogP) is 4.98. The Morgan fingerprint density at radius 3 is 2.47 bits per heavy atom. The Balaban J connectivity index is 1.59. The largest absolute Gasteiger partial charge is 0.348 e. The summed E-state index contributed by atoms with van der Waals surface area (Å²) in [6.07, 6.45) is 2.60. The molecule has 5 heteroatoms. The van der Waals surface area contributed by atoms with Gasteiger partial charge in [0.05, 0.1) is 11.7 Å². The van der Waals surface area contributed by atoms with Crippen LogP contribution in [-0.2, 0) is 11.3 Å². The summed E-state index contributed by atoms with van der Waals surface area (Å²) in [5.41, 5.74) is 6.11. The lowest BCUT2D eigenvalue weighted by Crippen LogP contribution is -2.31. The molecule has 0 radical (unpaired) electrons. The minimum atomic E-state index is -0.0706. The molecular weight excluding hydrogens is 372 g/mol. The zero-order valence-corrected chi connectivity index (χ0v) is 17.6. The molecular formula is C25H26N4O. The maximum Gasteiger partial charge on any atom is 0.242 e. The maximum absolute atomic E-state index is 12.8. The second-order valence-electron chi connectivity index (χ2n) is 7.61. The Hall–Kier alpha value is -3.47. The molecule has 4 aromatic rings. The Kier molecular flexibility index (Phi) is 5.61. The summed E-state index contributed by atoms with van der Waals surface area (Å²) in [5.74, 6) is -0.0706. The summed E-state index contributed by atoms with van der Waals surface area (Å²) in [6, 6.07) is 20.5. The first kappa shape index (κ1) is 19.8. The van der Waals surface area contributed by atoms with Crippen molar-refractivity contribution < 1.29 is 4.79 Å². The fourth-order valence-corrected chi connectivity index (χ4v) is 3.85. The molecule has 4 rings (SSSR count). The van der Waals surface area contributed by atoms with E-state index in [9.17, 15) is 4.79 Å². The summed E-state index contributed by atoms with van der Waals surface area (Å²) < 4.78 is 1.70. The Morgan fingerprint density at radius 2 is 1.77 bits per heavy atom. The molecule has 1 unspecified atom stereocenters. The SMILES string of the molecule is CCC(NC(=O)Cn1nc(C)c2c(-c3ccccc3)ccnc21)c1ccc(C)cc1. The number of hydrogen-bond acceptors (Lipinski definition) is 3. The van der Waals surface area contributed by atoms with Crippen molar-refractivity contribution >= 4 is 16.9 Å². The first-order chi connectivity index (χ1) is 14.6. The van der Waals surface area contributed by atoms with E-state index in [0.717, 1.165) is 39.8 Å². The highest BCUT2D eigenvalue weighted by molar-refractivity contribution is 5.95. The smallest absolute Gasteiger partial charge is 0.242 e. The Labute approximate surface area is 176 Å². The Bertz CT molecular complexity index is 1160. The van der Waals surface area contributed by atoms with E-state index in [0.29, 0.717) is 0 Å². The minimum absolute atomic E-state index is 0.0196. The van der Waals surface area contributed by atoms with Crippen LogP contribution in [0.3, 0.4) is 0 Å². The van der Waals surface area contributed by atoms with Crippen molar-refractivity contribution in [1.29, 1.82) is 0 Å². The van der Waals surface area contributed by atoms with Crippen LogP contribution in [0.15, 0.2) is 66.9 Å². The van der Waals surface area contributed by atoms with Gasteiger partial charge in [0, 0.05) is 11.6 Å². The van der Waals surface area contributed by atoms with Crippen LogP contribution in [0.1, 0.15) is 36.2 Å². The summed E-state index contributed by atoms with van der Waals surface area (Å²) >= 11 is 0. The van der Waals surface area contributed by atoms with Gasteiger partial charge in [-0.1, -0.05) is 67.1 Å². The molecule has 0 aliphatic carbocycles. The van der Waals surface area contributed by atoms with E-state index in [2.05, 4.69) is 65.6 Å². The zero-order chi connectivity index (χ0) is 21.1. The van der Waals surface area contributed by atoms with Crippen LogP contribution < -0.4 is 5.32 Å². The van der Waals surface area contributed by atoms with E-state index in [4.69, 9.17) is 0 Å². The van der Waals surface area contributed by atoms with Crippen LogP contribution in [0.4, 0.5) is 0 Å². The summed E-state index contributed by atoms with van der Waals surface area (Å²) in [5, 5.41) is 8.76. The number of rotatable bonds is 6. The molecule has 1 amide bonds. The van der Waals surface area contributed by atoms with E-state index in [1.807, 2.05) is 31.2 Å². The van der Waals surface area contributed by atoms with E-state index >= 15 is 0 Å². The highest BCUT2D eigenvalue weighted by Gasteiger charge is 2.18. The number of fused-ring (bicyclic) bond motifs is 1. The van der Waals surface area contributed by atoms with Gasteiger partial charge in [0.15, 0.2) is 5.65 Å². The topological polar surface area (TPSA) is 59.8 Å². The first-order valence-electron chi connectivity index (χ1n) is 10.3. The lowest BCUT2D eigenvalue weighted by atomic mass is 10.0. The van der Waals surface area contributed by atoms with Crippen LogP contribution in [0.25, 0.3) is 22.2 Å². The monoisotopic (exact) mass is 398 g/mol. The van der Waals surface area contributed by atoms with Gasteiger partial charge < -0.3 is 5.32 Å². The molecule has 0 bridgehead atoms. The van der Waals surface area contributed by atoms with E-state index in [1.165, 1.54) is 5.56 Å². The van der Waals surface area contributed by atoms with E-state index < -0.39 is 0 Å². The predicted molar refractivity (Wildman–Crippen MR) is 120 cm³/mol. The molecule has 1 atom stereocenters. The van der Waals surface area contributed by atoms with Gasteiger partial charge in [-0.3, -0.25) is 4.79 Å². The van der Waals surface area contributed by atoms with Gasteiger partial charge in [0.25, 0.3) is 0 Å². The first-order valence-corrected chi connectivity index (χ1v) is 10.3. The van der Waals surface area contributed by atoms with Gasteiger partial charge in [0.2, 0.25) is 5.91 Å². The third kappa shape index (κ3) is 3.96. The summed E-state index contributed by atoms with van der Waals surface area (Å²) in [7, 11) is 0. The van der Waals surface area contributed by atoms with E-state index in [1.54, 1.807) is 10.9 Å². The molecule has 0 saturated carbocycles. The average molecular weight is 399 g/mol. The van der Waals surface area contributed by atoms with Crippen molar-refractivity contribution in [2.75, 3.05) is 0 Å².